The maximum absolute atomic E-state index is 11.8. The minimum atomic E-state index is -0.0143. The van der Waals surface area contributed by atoms with Crippen molar-refractivity contribution in [3.63, 3.8) is 0 Å². The van der Waals surface area contributed by atoms with E-state index in [1.54, 1.807) is 21.7 Å². The molecule has 0 aliphatic carbocycles. The molecular formula is C13H17N5O2. The fourth-order valence-corrected chi connectivity index (χ4v) is 1.79. The molecule has 0 unspecified atom stereocenters. The van der Waals surface area contributed by atoms with Crippen LogP contribution >= 0.6 is 0 Å². The average molecular weight is 275 g/mol. The second-order valence-electron chi connectivity index (χ2n) is 4.10. The molecule has 0 aliphatic rings. The van der Waals surface area contributed by atoms with Gasteiger partial charge in [0.05, 0.1) is 5.69 Å². The van der Waals surface area contributed by atoms with E-state index in [1.165, 1.54) is 6.33 Å². The summed E-state index contributed by atoms with van der Waals surface area (Å²) in [5.41, 5.74) is 0.831. The van der Waals surface area contributed by atoms with Crippen molar-refractivity contribution in [2.75, 3.05) is 19.7 Å². The molecule has 0 fully saturated rings. The fourth-order valence-electron chi connectivity index (χ4n) is 1.79. The zero-order chi connectivity index (χ0) is 14.4. The SMILES string of the molecule is CCN(CC)C(=O)COc1ccc(-n2cnnn2)cc1. The molecule has 1 heterocycles. The maximum Gasteiger partial charge on any atom is 0.260 e. The van der Waals surface area contributed by atoms with Crippen molar-refractivity contribution in [2.45, 2.75) is 13.8 Å². The number of nitrogens with zero attached hydrogens (tertiary/aromatic N) is 5. The topological polar surface area (TPSA) is 73.1 Å². The third-order valence-electron chi connectivity index (χ3n) is 2.93. The Balaban J connectivity index is 1.93. The van der Waals surface area contributed by atoms with Crippen molar-refractivity contribution in [1.29, 1.82) is 0 Å². The van der Waals surface area contributed by atoms with Crippen LogP contribution in [0.2, 0.25) is 0 Å². The van der Waals surface area contributed by atoms with Crippen LogP contribution in [0.25, 0.3) is 5.69 Å². The van der Waals surface area contributed by atoms with Crippen LogP contribution in [0.15, 0.2) is 30.6 Å². The number of aromatic nitrogens is 4. The molecule has 20 heavy (non-hydrogen) atoms. The number of tetrazole rings is 1. The first kappa shape index (κ1) is 14.0. The number of hydrogen-bond acceptors (Lipinski definition) is 5. The molecule has 0 aliphatic heterocycles. The van der Waals surface area contributed by atoms with Gasteiger partial charge in [0.25, 0.3) is 5.91 Å². The van der Waals surface area contributed by atoms with Crippen molar-refractivity contribution in [3.05, 3.63) is 30.6 Å². The lowest BCUT2D eigenvalue weighted by Gasteiger charge is -2.18. The van der Waals surface area contributed by atoms with Gasteiger partial charge in [-0.1, -0.05) is 0 Å². The summed E-state index contributed by atoms with van der Waals surface area (Å²) in [7, 11) is 0. The molecule has 0 saturated carbocycles. The van der Waals surface area contributed by atoms with E-state index in [9.17, 15) is 4.79 Å². The Bertz CT molecular complexity index is 534. The molecule has 106 valence electrons. The predicted octanol–water partition coefficient (Wildman–Crippen LogP) is 0.909. The highest BCUT2D eigenvalue weighted by atomic mass is 16.5. The first-order chi connectivity index (χ1) is 9.74. The van der Waals surface area contributed by atoms with Crippen molar-refractivity contribution in [1.82, 2.24) is 25.1 Å². The third kappa shape index (κ3) is 3.31. The van der Waals surface area contributed by atoms with Crippen LogP contribution in [0, 0.1) is 0 Å². The van der Waals surface area contributed by atoms with Crippen LogP contribution in [-0.4, -0.2) is 50.7 Å². The normalized spacial score (nSPS) is 10.3. The minimum absolute atomic E-state index is 0.0143. The van der Waals surface area contributed by atoms with Gasteiger partial charge in [0.15, 0.2) is 6.61 Å². The second kappa shape index (κ2) is 6.65. The number of carbonyl (C=O) groups is 1. The molecule has 1 aromatic heterocycles. The molecule has 0 N–H and O–H groups in total. The lowest BCUT2D eigenvalue weighted by molar-refractivity contribution is -0.132. The summed E-state index contributed by atoms with van der Waals surface area (Å²) in [6, 6.07) is 7.22. The van der Waals surface area contributed by atoms with Crippen molar-refractivity contribution < 1.29 is 9.53 Å². The average Bonchev–Trinajstić information content (AvgIpc) is 3.01. The molecule has 0 saturated heterocycles. The molecule has 1 aromatic carbocycles. The molecule has 0 bridgehead atoms. The molecule has 7 heteroatoms. The van der Waals surface area contributed by atoms with Crippen LogP contribution in [0.3, 0.4) is 0 Å². The van der Waals surface area contributed by atoms with Gasteiger partial charge in [-0.2, -0.15) is 0 Å². The highest BCUT2D eigenvalue weighted by Gasteiger charge is 2.10. The smallest absolute Gasteiger partial charge is 0.260 e. The quantitative estimate of drug-likeness (QED) is 0.783. The van der Waals surface area contributed by atoms with E-state index in [4.69, 9.17) is 4.74 Å². The second-order valence-corrected chi connectivity index (χ2v) is 4.10. The van der Waals surface area contributed by atoms with E-state index in [1.807, 2.05) is 26.0 Å². The molecule has 2 rings (SSSR count). The summed E-state index contributed by atoms with van der Waals surface area (Å²) in [5, 5.41) is 10.9. The summed E-state index contributed by atoms with van der Waals surface area (Å²) < 4.78 is 7.02. The van der Waals surface area contributed by atoms with Gasteiger partial charge in [-0.25, -0.2) is 4.68 Å². The van der Waals surface area contributed by atoms with Gasteiger partial charge in [0, 0.05) is 13.1 Å². The maximum atomic E-state index is 11.8. The van der Waals surface area contributed by atoms with Crippen molar-refractivity contribution >= 4 is 5.91 Å². The summed E-state index contributed by atoms with van der Waals surface area (Å²) in [6.45, 7) is 5.32. The summed E-state index contributed by atoms with van der Waals surface area (Å²) in [6.07, 6.45) is 1.51. The molecule has 2 aromatic rings. The number of ether oxygens (including phenoxy) is 1. The molecule has 0 radical (unpaired) electrons. The minimum Gasteiger partial charge on any atom is -0.484 e. The molecule has 7 nitrogen and oxygen atoms in total. The van der Waals surface area contributed by atoms with Gasteiger partial charge in [0.1, 0.15) is 12.1 Å². The highest BCUT2D eigenvalue weighted by Crippen LogP contribution is 2.14. The standard InChI is InChI=1S/C13H17N5O2/c1-3-17(4-2)13(19)9-20-12-7-5-11(6-8-12)18-10-14-15-16-18/h5-8,10H,3-4,9H2,1-2H3. The molecule has 1 amide bonds. The molecular weight excluding hydrogens is 258 g/mol. The van der Waals surface area contributed by atoms with Crippen LogP contribution in [0.5, 0.6) is 5.75 Å². The number of carbonyl (C=O) groups excluding carboxylic acids is 1. The van der Waals surface area contributed by atoms with Crippen LogP contribution in [0.1, 0.15) is 13.8 Å². The Morgan fingerprint density at radius 1 is 1.25 bits per heavy atom. The summed E-state index contributed by atoms with van der Waals surface area (Å²) in [5.74, 6) is 0.627. The summed E-state index contributed by atoms with van der Waals surface area (Å²) >= 11 is 0. The fraction of sp³-hybridized carbons (Fsp3) is 0.385. The van der Waals surface area contributed by atoms with E-state index in [-0.39, 0.29) is 12.5 Å². The number of hydrogen-bond donors (Lipinski definition) is 0. The number of likely N-dealkylation sites (N-methyl/N-ethyl adjacent to an activating group) is 1. The Morgan fingerprint density at radius 2 is 1.95 bits per heavy atom. The Morgan fingerprint density at radius 3 is 2.50 bits per heavy atom. The van der Waals surface area contributed by atoms with E-state index in [2.05, 4.69) is 15.5 Å². The zero-order valence-corrected chi connectivity index (χ0v) is 11.6. The lowest BCUT2D eigenvalue weighted by atomic mass is 10.3. The van der Waals surface area contributed by atoms with Gasteiger partial charge in [-0.05, 0) is 48.5 Å². The first-order valence-electron chi connectivity index (χ1n) is 6.48. The van der Waals surface area contributed by atoms with E-state index < -0.39 is 0 Å². The van der Waals surface area contributed by atoms with Gasteiger partial charge in [-0.3, -0.25) is 4.79 Å². The largest absolute Gasteiger partial charge is 0.484 e. The summed E-state index contributed by atoms with van der Waals surface area (Å²) in [4.78, 5) is 13.5. The lowest BCUT2D eigenvalue weighted by Crippen LogP contribution is -2.34. The van der Waals surface area contributed by atoms with Crippen LogP contribution < -0.4 is 4.74 Å². The van der Waals surface area contributed by atoms with Crippen LogP contribution in [0.4, 0.5) is 0 Å². The van der Waals surface area contributed by atoms with Gasteiger partial charge < -0.3 is 9.64 Å². The Kier molecular flexibility index (Phi) is 4.65. The monoisotopic (exact) mass is 275 g/mol. The third-order valence-corrected chi connectivity index (χ3v) is 2.93. The first-order valence-corrected chi connectivity index (χ1v) is 6.48. The van der Waals surface area contributed by atoms with Gasteiger partial charge in [-0.15, -0.1) is 5.10 Å². The van der Waals surface area contributed by atoms with Crippen molar-refractivity contribution in [3.8, 4) is 11.4 Å². The zero-order valence-electron chi connectivity index (χ0n) is 11.6. The molecule has 0 spiro atoms. The Hall–Kier alpha value is -2.44. The Labute approximate surface area is 117 Å². The van der Waals surface area contributed by atoms with Crippen molar-refractivity contribution in [2.24, 2.45) is 0 Å². The van der Waals surface area contributed by atoms with Gasteiger partial charge >= 0.3 is 0 Å². The van der Waals surface area contributed by atoms with E-state index in [0.29, 0.717) is 18.8 Å². The van der Waals surface area contributed by atoms with E-state index in [0.717, 1.165) is 5.69 Å². The molecule has 0 atom stereocenters. The number of amides is 1. The number of benzene rings is 1. The van der Waals surface area contributed by atoms with E-state index >= 15 is 0 Å². The predicted molar refractivity (Wildman–Crippen MR) is 72.6 cm³/mol. The van der Waals surface area contributed by atoms with Gasteiger partial charge in [0.2, 0.25) is 0 Å². The van der Waals surface area contributed by atoms with Crippen LogP contribution in [-0.2, 0) is 4.79 Å². The number of rotatable bonds is 6. The highest BCUT2D eigenvalue weighted by molar-refractivity contribution is 5.77.